The molecule has 2 aromatic carbocycles. The Hall–Kier alpha value is -3.81. The maximum absolute atomic E-state index is 12.6. The van der Waals surface area contributed by atoms with E-state index in [2.05, 4.69) is 20.7 Å². The molecule has 0 aliphatic heterocycles. The number of hydrogen-bond donors (Lipinski definition) is 0. The smallest absolute Gasteiger partial charge is 0.342 e. The van der Waals surface area contributed by atoms with Gasteiger partial charge in [0.2, 0.25) is 0 Å². The summed E-state index contributed by atoms with van der Waals surface area (Å²) in [6, 6.07) is 18.8. The number of ether oxygens (including phenoxy) is 1. The monoisotopic (exact) mass is 360 g/mol. The first-order valence-corrected chi connectivity index (χ1v) is 8.25. The second-order valence-corrected chi connectivity index (χ2v) is 5.80. The molecule has 0 saturated carbocycles. The van der Waals surface area contributed by atoms with Crippen LogP contribution in [0.1, 0.15) is 10.4 Å². The number of rotatable bonds is 4. The van der Waals surface area contributed by atoms with E-state index < -0.39 is 5.97 Å². The number of azo groups is 1. The van der Waals surface area contributed by atoms with Gasteiger partial charge in [-0.05, 0) is 28.1 Å². The van der Waals surface area contributed by atoms with Gasteiger partial charge in [-0.1, -0.05) is 48.5 Å². The van der Waals surface area contributed by atoms with Crippen molar-refractivity contribution in [3.05, 3.63) is 66.2 Å². The summed E-state index contributed by atoms with van der Waals surface area (Å²) >= 11 is 0. The van der Waals surface area contributed by atoms with Crippen LogP contribution < -0.4 is 0 Å². The van der Waals surface area contributed by atoms with Gasteiger partial charge in [0.25, 0.3) is 0 Å². The van der Waals surface area contributed by atoms with Gasteiger partial charge in [-0.25, -0.2) is 9.48 Å². The molecule has 8 nitrogen and oxygen atoms in total. The van der Waals surface area contributed by atoms with E-state index in [-0.39, 0.29) is 0 Å². The van der Waals surface area contributed by atoms with Crippen LogP contribution in [0.3, 0.4) is 0 Å². The normalized spacial score (nSPS) is 11.3. The minimum absolute atomic E-state index is 0.346. The lowest BCUT2D eigenvalue weighted by atomic mass is 10.0. The Morgan fingerprint density at radius 3 is 2.30 bits per heavy atom. The van der Waals surface area contributed by atoms with Crippen LogP contribution in [0.2, 0.25) is 0 Å². The molecule has 0 N–H and O–H groups in total. The number of hydrogen-bond acceptors (Lipinski definition) is 6. The minimum Gasteiger partial charge on any atom is -0.465 e. The van der Waals surface area contributed by atoms with Crippen molar-refractivity contribution in [1.82, 2.24) is 19.6 Å². The standard InChI is InChI=1S/C19H16N6O2/c1-24-18-16(19(26)27-2)15(13-9-5-3-6-10-13)17(25(18)23-22-24)21-20-14-11-7-4-8-12-14/h3-12H,1-2H3. The second kappa shape index (κ2) is 6.83. The lowest BCUT2D eigenvalue weighted by Gasteiger charge is -2.04. The van der Waals surface area contributed by atoms with E-state index in [0.717, 1.165) is 5.56 Å². The van der Waals surface area contributed by atoms with E-state index in [0.29, 0.717) is 28.3 Å². The number of aromatic nitrogens is 4. The van der Waals surface area contributed by atoms with Crippen LogP contribution >= 0.6 is 0 Å². The topological polar surface area (TPSA) is 86.1 Å². The number of benzene rings is 2. The number of tetrazole rings is 1. The number of methoxy groups -OCH3 is 1. The molecule has 27 heavy (non-hydrogen) atoms. The van der Waals surface area contributed by atoms with Crippen LogP contribution in [0, 0.1) is 0 Å². The molecule has 2 heterocycles. The first kappa shape index (κ1) is 16.6. The third-order valence-corrected chi connectivity index (χ3v) is 4.14. The molecule has 0 radical (unpaired) electrons. The SMILES string of the molecule is COC(=O)c1c(-c2ccccc2)c(N=Nc2ccccc2)n2nnn(C)c12. The van der Waals surface area contributed by atoms with Crippen molar-refractivity contribution in [3.8, 4) is 11.1 Å². The highest BCUT2D eigenvalue weighted by atomic mass is 16.5. The Labute approximate surface area is 154 Å². The summed E-state index contributed by atoms with van der Waals surface area (Å²) in [5.41, 5.74) is 2.93. The quantitative estimate of drug-likeness (QED) is 0.407. The molecule has 4 rings (SSSR count). The molecule has 0 bridgehead atoms. The van der Waals surface area contributed by atoms with Crippen molar-refractivity contribution in [3.63, 3.8) is 0 Å². The lowest BCUT2D eigenvalue weighted by molar-refractivity contribution is 0.0603. The first-order chi connectivity index (χ1) is 13.2. The second-order valence-electron chi connectivity index (χ2n) is 5.80. The van der Waals surface area contributed by atoms with Crippen molar-refractivity contribution in [2.75, 3.05) is 7.11 Å². The predicted molar refractivity (Wildman–Crippen MR) is 99.4 cm³/mol. The van der Waals surface area contributed by atoms with E-state index >= 15 is 0 Å². The fourth-order valence-electron chi connectivity index (χ4n) is 2.93. The number of fused-ring (bicyclic) bond motifs is 1. The Balaban J connectivity index is 2.02. The molecule has 8 heteroatoms. The maximum Gasteiger partial charge on any atom is 0.342 e. The summed E-state index contributed by atoms with van der Waals surface area (Å²) in [7, 11) is 3.05. The van der Waals surface area contributed by atoms with E-state index in [4.69, 9.17) is 4.74 Å². The Bertz CT molecular complexity index is 1130. The summed E-state index contributed by atoms with van der Waals surface area (Å²) in [5, 5.41) is 16.8. The van der Waals surface area contributed by atoms with Gasteiger partial charge in [-0.2, -0.15) is 4.52 Å². The predicted octanol–water partition coefficient (Wildman–Crippen LogP) is 3.94. The Morgan fingerprint density at radius 1 is 0.963 bits per heavy atom. The summed E-state index contributed by atoms with van der Waals surface area (Å²) in [6.45, 7) is 0. The minimum atomic E-state index is -0.488. The van der Waals surface area contributed by atoms with Gasteiger partial charge < -0.3 is 4.74 Å². The molecule has 0 amide bonds. The van der Waals surface area contributed by atoms with Crippen molar-refractivity contribution in [2.24, 2.45) is 17.3 Å². The highest BCUT2D eigenvalue weighted by Crippen LogP contribution is 2.39. The van der Waals surface area contributed by atoms with Crippen LogP contribution in [0.25, 0.3) is 16.8 Å². The molecule has 2 aromatic heterocycles. The van der Waals surface area contributed by atoms with E-state index in [1.807, 2.05) is 60.7 Å². The highest BCUT2D eigenvalue weighted by Gasteiger charge is 2.29. The van der Waals surface area contributed by atoms with Gasteiger partial charge in [-0.15, -0.1) is 10.2 Å². The van der Waals surface area contributed by atoms with Crippen LogP contribution in [-0.2, 0) is 11.8 Å². The number of nitrogens with zero attached hydrogens (tertiary/aromatic N) is 6. The zero-order valence-corrected chi connectivity index (χ0v) is 14.8. The van der Waals surface area contributed by atoms with Crippen LogP contribution in [-0.4, -0.2) is 32.7 Å². The summed E-state index contributed by atoms with van der Waals surface area (Å²) in [5.74, 6) is -0.0773. The molecule has 0 spiro atoms. The maximum atomic E-state index is 12.6. The third kappa shape index (κ3) is 2.86. The van der Waals surface area contributed by atoms with E-state index in [1.54, 1.807) is 7.05 Å². The molecule has 0 fully saturated rings. The molecule has 134 valence electrons. The molecule has 0 aliphatic carbocycles. The van der Waals surface area contributed by atoms with Crippen LogP contribution in [0.4, 0.5) is 11.5 Å². The fourth-order valence-corrected chi connectivity index (χ4v) is 2.93. The zero-order chi connectivity index (χ0) is 18.8. The number of aryl methyl sites for hydroxylation is 1. The summed E-state index contributed by atoms with van der Waals surface area (Å²) < 4.78 is 8.03. The van der Waals surface area contributed by atoms with Gasteiger partial charge in [0.05, 0.1) is 12.8 Å². The fraction of sp³-hybridized carbons (Fsp3) is 0.105. The highest BCUT2D eigenvalue weighted by molar-refractivity contribution is 6.07. The molecule has 0 atom stereocenters. The van der Waals surface area contributed by atoms with Crippen molar-refractivity contribution in [2.45, 2.75) is 0 Å². The Morgan fingerprint density at radius 2 is 1.63 bits per heavy atom. The van der Waals surface area contributed by atoms with E-state index in [9.17, 15) is 4.79 Å². The summed E-state index contributed by atoms with van der Waals surface area (Å²) in [6.07, 6.45) is 0. The van der Waals surface area contributed by atoms with Gasteiger partial charge in [0.1, 0.15) is 5.56 Å². The average Bonchev–Trinajstić information content (AvgIpc) is 3.25. The molecule has 0 aliphatic rings. The van der Waals surface area contributed by atoms with Crippen molar-refractivity contribution in [1.29, 1.82) is 0 Å². The third-order valence-electron chi connectivity index (χ3n) is 4.14. The van der Waals surface area contributed by atoms with E-state index in [1.165, 1.54) is 16.3 Å². The van der Waals surface area contributed by atoms with Gasteiger partial charge in [-0.3, -0.25) is 0 Å². The first-order valence-electron chi connectivity index (χ1n) is 8.25. The molecule has 4 aromatic rings. The number of esters is 1. The van der Waals surface area contributed by atoms with Gasteiger partial charge >= 0.3 is 5.97 Å². The molecule has 0 saturated heterocycles. The number of carbonyl (C=O) groups is 1. The van der Waals surface area contributed by atoms with Crippen LogP contribution in [0.5, 0.6) is 0 Å². The molecular formula is C19H16N6O2. The van der Waals surface area contributed by atoms with Gasteiger partial charge in [0.15, 0.2) is 11.5 Å². The number of carbonyl (C=O) groups excluding carboxylic acids is 1. The van der Waals surface area contributed by atoms with Crippen molar-refractivity contribution < 1.29 is 9.53 Å². The lowest BCUT2D eigenvalue weighted by Crippen LogP contribution is -2.05. The Kier molecular flexibility index (Phi) is 4.21. The largest absolute Gasteiger partial charge is 0.465 e. The molecular weight excluding hydrogens is 344 g/mol. The molecule has 0 unspecified atom stereocenters. The van der Waals surface area contributed by atoms with Crippen LogP contribution in [0.15, 0.2) is 70.9 Å². The summed E-state index contributed by atoms with van der Waals surface area (Å²) in [4.78, 5) is 12.6. The van der Waals surface area contributed by atoms with Crippen molar-refractivity contribution >= 4 is 23.1 Å². The van der Waals surface area contributed by atoms with Gasteiger partial charge in [0, 0.05) is 12.6 Å². The zero-order valence-electron chi connectivity index (χ0n) is 14.8. The average molecular weight is 360 g/mol.